The average molecular weight is 381 g/mol. The van der Waals surface area contributed by atoms with Crippen molar-refractivity contribution in [3.63, 3.8) is 0 Å². The molecule has 0 spiro atoms. The fourth-order valence-corrected chi connectivity index (χ4v) is 2.60. The van der Waals surface area contributed by atoms with Gasteiger partial charge in [0.15, 0.2) is 11.4 Å². The van der Waals surface area contributed by atoms with E-state index >= 15 is 0 Å². The molecule has 0 aliphatic rings. The number of methoxy groups -OCH3 is 2. The number of rotatable bonds is 8. The highest BCUT2D eigenvalue weighted by molar-refractivity contribution is 5.89. The lowest BCUT2D eigenvalue weighted by Crippen LogP contribution is -2.08. The molecule has 8 heteroatoms. The molecule has 0 unspecified atom stereocenters. The number of aromatic carboxylic acids is 1. The number of pyridine rings is 1. The van der Waals surface area contributed by atoms with Crippen molar-refractivity contribution in [1.29, 1.82) is 0 Å². The zero-order chi connectivity index (χ0) is 19.9. The van der Waals surface area contributed by atoms with Crippen LogP contribution in [0.2, 0.25) is 0 Å². The number of aromatic nitrogens is 3. The highest BCUT2D eigenvalue weighted by Gasteiger charge is 2.20. The smallest absolute Gasteiger partial charge is 0.358 e. The molecule has 0 bridgehead atoms. The van der Waals surface area contributed by atoms with Crippen molar-refractivity contribution in [2.75, 3.05) is 14.2 Å². The van der Waals surface area contributed by atoms with Gasteiger partial charge < -0.3 is 19.3 Å². The van der Waals surface area contributed by atoms with Crippen LogP contribution in [0.25, 0.3) is 0 Å². The predicted molar refractivity (Wildman–Crippen MR) is 100 cm³/mol. The lowest BCUT2D eigenvalue weighted by molar-refractivity contribution is 0.0687. The number of carboxylic acid groups (broad SMARTS) is 1. The standard InChI is InChI=1S/C20H19N3O5/c1-26-15-12-16(27-2)23-20(22-15)28-18-14(10-11-21-17(18)19(24)25)9-8-13-6-4-3-5-7-13/h3-7,10-12H,8-9H2,1-2H3,(H,24,25). The Morgan fingerprint density at radius 2 is 1.68 bits per heavy atom. The minimum Gasteiger partial charge on any atom is -0.481 e. The van der Waals surface area contributed by atoms with Gasteiger partial charge in [-0.05, 0) is 30.0 Å². The van der Waals surface area contributed by atoms with Gasteiger partial charge in [-0.3, -0.25) is 0 Å². The topological polar surface area (TPSA) is 104 Å². The summed E-state index contributed by atoms with van der Waals surface area (Å²) < 4.78 is 16.0. The van der Waals surface area contributed by atoms with Crippen molar-refractivity contribution in [1.82, 2.24) is 15.0 Å². The molecule has 2 heterocycles. The van der Waals surface area contributed by atoms with E-state index in [4.69, 9.17) is 14.2 Å². The van der Waals surface area contributed by atoms with Crippen molar-refractivity contribution >= 4 is 5.97 Å². The maximum absolute atomic E-state index is 11.7. The van der Waals surface area contributed by atoms with Crippen molar-refractivity contribution in [3.8, 4) is 23.5 Å². The SMILES string of the molecule is COc1cc(OC)nc(Oc2c(CCc3ccccc3)ccnc2C(=O)O)n1. The van der Waals surface area contributed by atoms with Gasteiger partial charge in [-0.2, -0.15) is 9.97 Å². The minimum absolute atomic E-state index is 0.0901. The fraction of sp³-hybridized carbons (Fsp3) is 0.200. The molecular formula is C20H19N3O5. The van der Waals surface area contributed by atoms with Gasteiger partial charge in [0.2, 0.25) is 11.8 Å². The largest absolute Gasteiger partial charge is 0.481 e. The van der Waals surface area contributed by atoms with Crippen molar-refractivity contribution in [3.05, 3.63) is 65.5 Å². The Kier molecular flexibility index (Phi) is 6.01. The fourth-order valence-electron chi connectivity index (χ4n) is 2.60. The maximum atomic E-state index is 11.7. The van der Waals surface area contributed by atoms with Crippen LogP contribution < -0.4 is 14.2 Å². The van der Waals surface area contributed by atoms with E-state index in [2.05, 4.69) is 15.0 Å². The number of benzene rings is 1. The monoisotopic (exact) mass is 381 g/mol. The molecule has 28 heavy (non-hydrogen) atoms. The molecule has 144 valence electrons. The summed E-state index contributed by atoms with van der Waals surface area (Å²) in [6.45, 7) is 0. The van der Waals surface area contributed by atoms with Gasteiger partial charge in [-0.15, -0.1) is 0 Å². The maximum Gasteiger partial charge on any atom is 0.358 e. The minimum atomic E-state index is -1.20. The molecule has 0 fully saturated rings. The van der Waals surface area contributed by atoms with Gasteiger partial charge in [-0.1, -0.05) is 30.3 Å². The molecule has 0 amide bonds. The van der Waals surface area contributed by atoms with Crippen molar-refractivity contribution in [2.24, 2.45) is 0 Å². The van der Waals surface area contributed by atoms with Crippen LogP contribution in [-0.2, 0) is 12.8 Å². The molecule has 1 N–H and O–H groups in total. The molecule has 0 aliphatic carbocycles. The summed E-state index contributed by atoms with van der Waals surface area (Å²) in [5, 5.41) is 9.52. The first-order chi connectivity index (χ1) is 13.6. The Bertz CT molecular complexity index is 941. The van der Waals surface area contributed by atoms with Crippen LogP contribution in [0, 0.1) is 0 Å². The van der Waals surface area contributed by atoms with Crippen LogP contribution in [0.5, 0.6) is 23.5 Å². The summed E-state index contributed by atoms with van der Waals surface area (Å²) in [6, 6.07) is 13.0. The van der Waals surface area contributed by atoms with Crippen LogP contribution in [0.3, 0.4) is 0 Å². The Morgan fingerprint density at radius 1 is 1.00 bits per heavy atom. The van der Waals surface area contributed by atoms with Gasteiger partial charge in [0, 0.05) is 6.20 Å². The molecule has 2 aromatic heterocycles. The van der Waals surface area contributed by atoms with E-state index in [1.54, 1.807) is 6.07 Å². The molecule has 0 radical (unpaired) electrons. The van der Waals surface area contributed by atoms with Crippen LogP contribution >= 0.6 is 0 Å². The zero-order valence-electron chi connectivity index (χ0n) is 15.5. The molecule has 0 atom stereocenters. The number of carboxylic acids is 1. The Balaban J connectivity index is 1.95. The van der Waals surface area contributed by atoms with Crippen LogP contribution in [0.1, 0.15) is 21.6 Å². The zero-order valence-corrected chi connectivity index (χ0v) is 15.5. The molecule has 0 aliphatic heterocycles. The van der Waals surface area contributed by atoms with E-state index in [0.29, 0.717) is 18.4 Å². The molecule has 3 rings (SSSR count). The van der Waals surface area contributed by atoms with Crippen LogP contribution in [0.15, 0.2) is 48.7 Å². The molecular weight excluding hydrogens is 362 g/mol. The highest BCUT2D eigenvalue weighted by Crippen LogP contribution is 2.30. The summed E-state index contributed by atoms with van der Waals surface area (Å²) in [5.74, 6) is -0.644. The summed E-state index contributed by atoms with van der Waals surface area (Å²) in [4.78, 5) is 23.8. The third-order valence-electron chi connectivity index (χ3n) is 3.98. The summed E-state index contributed by atoms with van der Waals surface area (Å²) in [5.41, 5.74) is 1.60. The highest BCUT2D eigenvalue weighted by atomic mass is 16.5. The van der Waals surface area contributed by atoms with Gasteiger partial charge in [0.1, 0.15) is 0 Å². The first kappa shape index (κ1) is 19.1. The summed E-state index contributed by atoms with van der Waals surface area (Å²) in [7, 11) is 2.90. The Hall–Kier alpha value is -3.68. The second kappa shape index (κ2) is 8.81. The first-order valence-corrected chi connectivity index (χ1v) is 8.50. The lowest BCUT2D eigenvalue weighted by atomic mass is 10.0. The third kappa shape index (κ3) is 4.53. The predicted octanol–water partition coefficient (Wildman–Crippen LogP) is 3.16. The first-order valence-electron chi connectivity index (χ1n) is 8.50. The number of hydrogen-bond acceptors (Lipinski definition) is 7. The Morgan fingerprint density at radius 3 is 2.29 bits per heavy atom. The molecule has 8 nitrogen and oxygen atoms in total. The quantitative estimate of drug-likeness (QED) is 0.635. The molecule has 0 saturated heterocycles. The number of nitrogens with zero attached hydrogens (tertiary/aromatic N) is 3. The van der Waals surface area contributed by atoms with E-state index in [-0.39, 0.29) is 29.2 Å². The van der Waals surface area contributed by atoms with E-state index in [9.17, 15) is 9.90 Å². The molecule has 3 aromatic rings. The van der Waals surface area contributed by atoms with Crippen molar-refractivity contribution in [2.45, 2.75) is 12.8 Å². The number of carbonyl (C=O) groups is 1. The van der Waals surface area contributed by atoms with E-state index in [1.165, 1.54) is 26.5 Å². The molecule has 0 saturated carbocycles. The average Bonchev–Trinajstić information content (AvgIpc) is 2.73. The van der Waals surface area contributed by atoms with E-state index in [1.807, 2.05) is 30.3 Å². The van der Waals surface area contributed by atoms with E-state index < -0.39 is 5.97 Å². The normalized spacial score (nSPS) is 10.4. The second-order valence-corrected chi connectivity index (χ2v) is 5.78. The number of hydrogen-bond donors (Lipinski definition) is 1. The van der Waals surface area contributed by atoms with Gasteiger partial charge >= 0.3 is 12.0 Å². The van der Waals surface area contributed by atoms with Crippen molar-refractivity contribution < 1.29 is 24.1 Å². The third-order valence-corrected chi connectivity index (χ3v) is 3.98. The van der Waals surface area contributed by atoms with Gasteiger partial charge in [-0.25, -0.2) is 9.78 Å². The lowest BCUT2D eigenvalue weighted by Gasteiger charge is -2.13. The van der Waals surface area contributed by atoms with E-state index in [0.717, 1.165) is 5.56 Å². The molecule has 1 aromatic carbocycles. The van der Waals surface area contributed by atoms with Gasteiger partial charge in [0.25, 0.3) is 0 Å². The van der Waals surface area contributed by atoms with Gasteiger partial charge in [0.05, 0.1) is 20.3 Å². The van der Waals surface area contributed by atoms with Crippen LogP contribution in [-0.4, -0.2) is 40.2 Å². The second-order valence-electron chi connectivity index (χ2n) is 5.78. The summed E-state index contributed by atoms with van der Waals surface area (Å²) in [6.07, 6.45) is 2.72. The summed E-state index contributed by atoms with van der Waals surface area (Å²) >= 11 is 0. The van der Waals surface area contributed by atoms with Crippen LogP contribution in [0.4, 0.5) is 0 Å². The number of aryl methyl sites for hydroxylation is 2. The Labute approximate surface area is 161 Å². The number of ether oxygens (including phenoxy) is 3.